The summed E-state index contributed by atoms with van der Waals surface area (Å²) in [6.45, 7) is 2.38. The van der Waals surface area contributed by atoms with E-state index in [-0.39, 0.29) is 22.8 Å². The molecule has 0 spiro atoms. The number of carbonyl (C=O) groups excluding carboxylic acids is 1. The van der Waals surface area contributed by atoms with Gasteiger partial charge in [0.05, 0.1) is 0 Å². The normalized spacial score (nSPS) is 17.7. The lowest BCUT2D eigenvalue weighted by atomic mass is 10.0. The number of carbonyl (C=O) groups is 1. The fraction of sp³-hybridized carbons (Fsp3) is 0.389. The summed E-state index contributed by atoms with van der Waals surface area (Å²) in [5.74, 6) is -0.219. The molecule has 132 valence electrons. The van der Waals surface area contributed by atoms with E-state index in [1.54, 1.807) is 6.92 Å². The standard InChI is InChI=1S/C18H21N3O3S/c1-13-12-19-18(25(2,23)24)20-16(13)17(22)21-10-6-9-15(21)11-14-7-4-3-5-8-14/h3-5,7-8,12,15H,6,9-11H2,1-2H3. The summed E-state index contributed by atoms with van der Waals surface area (Å²) >= 11 is 0. The molecule has 7 heteroatoms. The third-order valence-electron chi connectivity index (χ3n) is 4.44. The molecule has 1 atom stereocenters. The molecule has 1 aromatic heterocycles. The van der Waals surface area contributed by atoms with Gasteiger partial charge >= 0.3 is 0 Å². The number of sulfone groups is 1. The predicted octanol–water partition coefficient (Wildman–Crippen LogP) is 2.04. The summed E-state index contributed by atoms with van der Waals surface area (Å²) in [5.41, 5.74) is 1.95. The fourth-order valence-electron chi connectivity index (χ4n) is 3.16. The summed E-state index contributed by atoms with van der Waals surface area (Å²) < 4.78 is 23.4. The van der Waals surface area contributed by atoms with Crippen LogP contribution in [0, 0.1) is 6.92 Å². The molecule has 2 heterocycles. The number of rotatable bonds is 4. The Kier molecular flexibility index (Phi) is 4.85. The Hall–Kier alpha value is -2.28. The molecule has 3 rings (SSSR count). The van der Waals surface area contributed by atoms with Crippen LogP contribution >= 0.6 is 0 Å². The summed E-state index contributed by atoms with van der Waals surface area (Å²) in [6.07, 6.45) is 5.10. The van der Waals surface area contributed by atoms with Crippen molar-refractivity contribution in [2.45, 2.75) is 37.4 Å². The second kappa shape index (κ2) is 6.92. The van der Waals surface area contributed by atoms with Crippen molar-refractivity contribution in [2.75, 3.05) is 12.8 Å². The summed E-state index contributed by atoms with van der Waals surface area (Å²) in [7, 11) is -3.55. The van der Waals surface area contributed by atoms with Crippen LogP contribution in [0.25, 0.3) is 0 Å². The second-order valence-electron chi connectivity index (χ2n) is 6.44. The van der Waals surface area contributed by atoms with Gasteiger partial charge < -0.3 is 4.90 Å². The Morgan fingerprint density at radius 2 is 2.00 bits per heavy atom. The lowest BCUT2D eigenvalue weighted by Gasteiger charge is -2.25. The second-order valence-corrected chi connectivity index (χ2v) is 8.35. The van der Waals surface area contributed by atoms with Crippen molar-refractivity contribution in [3.63, 3.8) is 0 Å². The van der Waals surface area contributed by atoms with Crippen LogP contribution in [0.4, 0.5) is 0 Å². The zero-order chi connectivity index (χ0) is 18.0. The number of amides is 1. The van der Waals surface area contributed by atoms with Crippen molar-refractivity contribution < 1.29 is 13.2 Å². The zero-order valence-electron chi connectivity index (χ0n) is 14.3. The van der Waals surface area contributed by atoms with Gasteiger partial charge in [0.1, 0.15) is 5.69 Å². The molecule has 0 saturated carbocycles. The first-order chi connectivity index (χ1) is 11.9. The van der Waals surface area contributed by atoms with E-state index in [2.05, 4.69) is 22.1 Å². The highest BCUT2D eigenvalue weighted by molar-refractivity contribution is 7.90. The van der Waals surface area contributed by atoms with Gasteiger partial charge in [-0.3, -0.25) is 4.79 Å². The highest BCUT2D eigenvalue weighted by atomic mass is 32.2. The summed E-state index contributed by atoms with van der Waals surface area (Å²) in [4.78, 5) is 22.7. The molecule has 1 amide bonds. The highest BCUT2D eigenvalue weighted by Crippen LogP contribution is 2.24. The van der Waals surface area contributed by atoms with Crippen LogP contribution in [-0.4, -0.2) is 48.0 Å². The topological polar surface area (TPSA) is 80.2 Å². The SMILES string of the molecule is Cc1cnc(S(C)(=O)=O)nc1C(=O)N1CCCC1Cc1ccccc1. The Morgan fingerprint density at radius 1 is 1.28 bits per heavy atom. The molecule has 0 N–H and O–H groups in total. The number of aromatic nitrogens is 2. The van der Waals surface area contributed by atoms with Gasteiger partial charge in [-0.2, -0.15) is 0 Å². The van der Waals surface area contributed by atoms with Gasteiger partial charge in [0, 0.05) is 25.0 Å². The summed E-state index contributed by atoms with van der Waals surface area (Å²) in [5, 5.41) is -0.305. The molecular weight excluding hydrogens is 338 g/mol. The van der Waals surface area contributed by atoms with E-state index in [0.717, 1.165) is 25.5 Å². The van der Waals surface area contributed by atoms with Gasteiger partial charge in [-0.25, -0.2) is 18.4 Å². The molecule has 0 bridgehead atoms. The number of hydrogen-bond donors (Lipinski definition) is 0. The number of aryl methyl sites for hydroxylation is 1. The fourth-order valence-corrected chi connectivity index (χ4v) is 3.66. The molecule has 1 aromatic carbocycles. The maximum atomic E-state index is 13.0. The minimum Gasteiger partial charge on any atom is -0.334 e. The van der Waals surface area contributed by atoms with Gasteiger partial charge in [0.2, 0.25) is 15.0 Å². The third kappa shape index (κ3) is 3.87. The average molecular weight is 359 g/mol. The van der Waals surface area contributed by atoms with Crippen molar-refractivity contribution in [3.05, 3.63) is 53.3 Å². The maximum Gasteiger partial charge on any atom is 0.273 e. The van der Waals surface area contributed by atoms with Gasteiger partial charge in [-0.15, -0.1) is 0 Å². The molecule has 25 heavy (non-hydrogen) atoms. The van der Waals surface area contributed by atoms with Crippen LogP contribution in [0.3, 0.4) is 0 Å². The Morgan fingerprint density at radius 3 is 2.68 bits per heavy atom. The van der Waals surface area contributed by atoms with Gasteiger partial charge in [-0.05, 0) is 37.3 Å². The minimum absolute atomic E-state index is 0.103. The Labute approximate surface area is 147 Å². The monoisotopic (exact) mass is 359 g/mol. The average Bonchev–Trinajstić information content (AvgIpc) is 3.02. The van der Waals surface area contributed by atoms with E-state index in [0.29, 0.717) is 12.1 Å². The lowest BCUT2D eigenvalue weighted by molar-refractivity contribution is 0.0728. The van der Waals surface area contributed by atoms with Crippen molar-refractivity contribution in [1.29, 1.82) is 0 Å². The third-order valence-corrected chi connectivity index (χ3v) is 5.30. The molecule has 1 saturated heterocycles. The van der Waals surface area contributed by atoms with Gasteiger partial charge in [0.25, 0.3) is 5.91 Å². The highest BCUT2D eigenvalue weighted by Gasteiger charge is 2.31. The maximum absolute atomic E-state index is 13.0. The van der Waals surface area contributed by atoms with E-state index in [1.165, 1.54) is 11.8 Å². The van der Waals surface area contributed by atoms with Crippen molar-refractivity contribution in [1.82, 2.24) is 14.9 Å². The molecular formula is C18H21N3O3S. The molecule has 0 aliphatic carbocycles. The van der Waals surface area contributed by atoms with Gasteiger partial charge in [-0.1, -0.05) is 30.3 Å². The Balaban J connectivity index is 1.87. The van der Waals surface area contributed by atoms with Gasteiger partial charge in [0.15, 0.2) is 0 Å². The quantitative estimate of drug-likeness (QED) is 0.781. The van der Waals surface area contributed by atoms with E-state index in [1.807, 2.05) is 23.1 Å². The van der Waals surface area contributed by atoms with Crippen LogP contribution in [0.2, 0.25) is 0 Å². The van der Waals surface area contributed by atoms with E-state index in [4.69, 9.17) is 0 Å². The molecule has 1 aliphatic rings. The van der Waals surface area contributed by atoms with Crippen LogP contribution < -0.4 is 0 Å². The number of benzene rings is 1. The smallest absolute Gasteiger partial charge is 0.273 e. The Bertz CT molecular complexity index is 882. The van der Waals surface area contributed by atoms with Crippen LogP contribution in [0.1, 0.15) is 34.5 Å². The van der Waals surface area contributed by atoms with Crippen molar-refractivity contribution in [2.24, 2.45) is 0 Å². The molecule has 0 radical (unpaired) electrons. The molecule has 6 nitrogen and oxygen atoms in total. The molecule has 1 fully saturated rings. The van der Waals surface area contributed by atoms with E-state index in [9.17, 15) is 13.2 Å². The summed E-state index contributed by atoms with van der Waals surface area (Å²) in [6, 6.07) is 10.2. The number of hydrogen-bond acceptors (Lipinski definition) is 5. The first-order valence-electron chi connectivity index (χ1n) is 8.25. The molecule has 2 aromatic rings. The first-order valence-corrected chi connectivity index (χ1v) is 10.1. The number of likely N-dealkylation sites (tertiary alicyclic amines) is 1. The lowest BCUT2D eigenvalue weighted by Crippen LogP contribution is -2.38. The number of nitrogens with zero attached hydrogens (tertiary/aromatic N) is 3. The van der Waals surface area contributed by atoms with Crippen LogP contribution in [0.15, 0.2) is 41.7 Å². The zero-order valence-corrected chi connectivity index (χ0v) is 15.2. The minimum atomic E-state index is -3.55. The first kappa shape index (κ1) is 17.5. The van der Waals surface area contributed by atoms with Crippen LogP contribution in [0.5, 0.6) is 0 Å². The largest absolute Gasteiger partial charge is 0.334 e. The van der Waals surface area contributed by atoms with Crippen molar-refractivity contribution >= 4 is 15.7 Å². The predicted molar refractivity (Wildman–Crippen MR) is 94.1 cm³/mol. The van der Waals surface area contributed by atoms with E-state index >= 15 is 0 Å². The van der Waals surface area contributed by atoms with Crippen molar-refractivity contribution in [3.8, 4) is 0 Å². The molecule has 1 unspecified atom stereocenters. The van der Waals surface area contributed by atoms with Crippen LogP contribution in [-0.2, 0) is 16.3 Å². The molecule has 1 aliphatic heterocycles. The van der Waals surface area contributed by atoms with E-state index < -0.39 is 9.84 Å².